The average molecular weight is 271 g/mol. The van der Waals surface area contributed by atoms with Gasteiger partial charge in [0.1, 0.15) is 19.0 Å². The van der Waals surface area contributed by atoms with Crippen LogP contribution in [0.4, 0.5) is 16.3 Å². The molecule has 6 heteroatoms. The molecule has 102 valence electrons. The van der Waals surface area contributed by atoms with Crippen molar-refractivity contribution in [3.8, 4) is 11.5 Å². The number of nitrogens with one attached hydrogen (secondary N) is 2. The monoisotopic (exact) mass is 271 g/mol. The predicted molar refractivity (Wildman–Crippen MR) is 74.3 cm³/mol. The number of carbonyl (C=O) groups is 1. The number of benzene rings is 1. The van der Waals surface area contributed by atoms with E-state index in [1.54, 1.807) is 42.6 Å². The fourth-order valence-electron chi connectivity index (χ4n) is 1.84. The zero-order valence-electron chi connectivity index (χ0n) is 10.6. The van der Waals surface area contributed by atoms with Crippen molar-refractivity contribution in [2.75, 3.05) is 23.8 Å². The number of anilines is 2. The van der Waals surface area contributed by atoms with Crippen LogP contribution in [0.2, 0.25) is 0 Å². The molecule has 0 aliphatic carbocycles. The van der Waals surface area contributed by atoms with Gasteiger partial charge in [-0.1, -0.05) is 6.07 Å². The Labute approximate surface area is 115 Å². The van der Waals surface area contributed by atoms with Gasteiger partial charge in [-0.25, -0.2) is 9.78 Å². The molecule has 0 atom stereocenters. The van der Waals surface area contributed by atoms with Crippen LogP contribution in [0.25, 0.3) is 0 Å². The van der Waals surface area contributed by atoms with Crippen LogP contribution in [0, 0.1) is 0 Å². The van der Waals surface area contributed by atoms with E-state index in [1.165, 1.54) is 0 Å². The Hall–Kier alpha value is -2.76. The Morgan fingerprint density at radius 3 is 2.70 bits per heavy atom. The fourth-order valence-corrected chi connectivity index (χ4v) is 1.84. The van der Waals surface area contributed by atoms with E-state index in [2.05, 4.69) is 15.6 Å². The van der Waals surface area contributed by atoms with Gasteiger partial charge in [0, 0.05) is 18.0 Å². The molecule has 0 saturated carbocycles. The summed E-state index contributed by atoms with van der Waals surface area (Å²) in [5, 5.41) is 5.35. The Balaban J connectivity index is 1.67. The average Bonchev–Trinajstić information content (AvgIpc) is 2.48. The predicted octanol–water partition coefficient (Wildman–Crippen LogP) is 2.50. The van der Waals surface area contributed by atoms with Crippen LogP contribution in [-0.4, -0.2) is 24.2 Å². The summed E-state index contributed by atoms with van der Waals surface area (Å²) in [5.74, 6) is 1.81. The summed E-state index contributed by atoms with van der Waals surface area (Å²) < 4.78 is 10.9. The number of hydrogen-bond donors (Lipinski definition) is 2. The molecule has 2 amide bonds. The normalized spacial score (nSPS) is 12.6. The molecule has 6 nitrogen and oxygen atoms in total. The maximum Gasteiger partial charge on any atom is 0.324 e. The van der Waals surface area contributed by atoms with E-state index in [9.17, 15) is 4.79 Å². The maximum absolute atomic E-state index is 11.8. The minimum absolute atomic E-state index is 0.361. The first-order valence-corrected chi connectivity index (χ1v) is 6.20. The van der Waals surface area contributed by atoms with Gasteiger partial charge < -0.3 is 14.8 Å². The molecule has 0 radical (unpaired) electrons. The molecule has 0 saturated heterocycles. The first-order valence-electron chi connectivity index (χ1n) is 6.20. The second-order valence-electron chi connectivity index (χ2n) is 4.15. The van der Waals surface area contributed by atoms with Crippen molar-refractivity contribution >= 4 is 17.5 Å². The summed E-state index contributed by atoms with van der Waals surface area (Å²) in [4.78, 5) is 15.8. The molecular weight excluding hydrogens is 258 g/mol. The van der Waals surface area contributed by atoms with Crippen LogP contribution in [0.3, 0.4) is 0 Å². The molecule has 0 bridgehead atoms. The molecule has 1 aromatic heterocycles. The van der Waals surface area contributed by atoms with Crippen molar-refractivity contribution in [3.05, 3.63) is 42.6 Å². The Morgan fingerprint density at radius 2 is 1.90 bits per heavy atom. The molecule has 1 aliphatic heterocycles. The van der Waals surface area contributed by atoms with E-state index < -0.39 is 0 Å². The smallest absolute Gasteiger partial charge is 0.324 e. The minimum atomic E-state index is -0.361. The van der Waals surface area contributed by atoms with Crippen molar-refractivity contribution in [2.45, 2.75) is 0 Å². The molecule has 0 unspecified atom stereocenters. The molecule has 0 spiro atoms. The number of carbonyl (C=O) groups excluding carboxylic acids is 1. The summed E-state index contributed by atoms with van der Waals surface area (Å²) >= 11 is 0. The number of rotatable bonds is 2. The first kappa shape index (κ1) is 12.3. The highest BCUT2D eigenvalue weighted by Crippen LogP contribution is 2.32. The lowest BCUT2D eigenvalue weighted by molar-refractivity contribution is 0.171. The van der Waals surface area contributed by atoms with Gasteiger partial charge in [-0.05, 0) is 24.3 Å². The fraction of sp³-hybridized carbons (Fsp3) is 0.143. The quantitative estimate of drug-likeness (QED) is 0.880. The van der Waals surface area contributed by atoms with Crippen LogP contribution in [0.1, 0.15) is 0 Å². The van der Waals surface area contributed by atoms with Crippen molar-refractivity contribution < 1.29 is 14.3 Å². The van der Waals surface area contributed by atoms with Crippen molar-refractivity contribution in [1.29, 1.82) is 0 Å². The molecule has 3 rings (SSSR count). The highest BCUT2D eigenvalue weighted by molar-refractivity contribution is 5.99. The molecule has 20 heavy (non-hydrogen) atoms. The number of aromatic nitrogens is 1. The van der Waals surface area contributed by atoms with Gasteiger partial charge in [0.25, 0.3) is 0 Å². The Morgan fingerprint density at radius 1 is 1.05 bits per heavy atom. The van der Waals surface area contributed by atoms with Gasteiger partial charge in [-0.3, -0.25) is 5.32 Å². The highest BCUT2D eigenvalue weighted by atomic mass is 16.6. The number of nitrogens with zero attached hydrogens (tertiary/aromatic N) is 1. The van der Waals surface area contributed by atoms with E-state index in [-0.39, 0.29) is 6.03 Å². The third kappa shape index (κ3) is 2.80. The number of fused-ring (bicyclic) bond motifs is 1. The van der Waals surface area contributed by atoms with Crippen LogP contribution in [0.15, 0.2) is 42.6 Å². The van der Waals surface area contributed by atoms with E-state index in [0.717, 1.165) is 0 Å². The number of amides is 2. The lowest BCUT2D eigenvalue weighted by Gasteiger charge is -2.19. The lowest BCUT2D eigenvalue weighted by atomic mass is 10.2. The van der Waals surface area contributed by atoms with Crippen LogP contribution in [-0.2, 0) is 0 Å². The molecule has 2 N–H and O–H groups in total. The number of urea groups is 1. The van der Waals surface area contributed by atoms with Crippen molar-refractivity contribution in [1.82, 2.24) is 4.98 Å². The molecule has 0 fully saturated rings. The summed E-state index contributed by atoms with van der Waals surface area (Å²) in [6, 6.07) is 10.2. The van der Waals surface area contributed by atoms with Crippen molar-refractivity contribution in [3.63, 3.8) is 0 Å². The third-order valence-electron chi connectivity index (χ3n) is 2.71. The summed E-state index contributed by atoms with van der Waals surface area (Å²) in [6.45, 7) is 1.05. The zero-order valence-corrected chi connectivity index (χ0v) is 10.6. The minimum Gasteiger partial charge on any atom is -0.486 e. The second kappa shape index (κ2) is 5.48. The standard InChI is InChI=1S/C14H13N3O3/c18-14(17-13-3-1-2-6-15-13)16-10-4-5-11-12(9-10)20-8-7-19-11/h1-6,9H,7-8H2,(H2,15,16,17,18). The maximum atomic E-state index is 11.8. The largest absolute Gasteiger partial charge is 0.486 e. The second-order valence-corrected chi connectivity index (χ2v) is 4.15. The summed E-state index contributed by atoms with van der Waals surface area (Å²) in [7, 11) is 0. The van der Waals surface area contributed by atoms with Gasteiger partial charge in [0.15, 0.2) is 11.5 Å². The Kier molecular flexibility index (Phi) is 3.36. The van der Waals surface area contributed by atoms with E-state index in [1.807, 2.05) is 0 Å². The lowest BCUT2D eigenvalue weighted by Crippen LogP contribution is -2.20. The van der Waals surface area contributed by atoms with E-state index >= 15 is 0 Å². The molecular formula is C14H13N3O3. The molecule has 1 aromatic carbocycles. The van der Waals surface area contributed by atoms with E-state index in [0.29, 0.717) is 36.2 Å². The van der Waals surface area contributed by atoms with Gasteiger partial charge >= 0.3 is 6.03 Å². The van der Waals surface area contributed by atoms with Crippen molar-refractivity contribution in [2.24, 2.45) is 0 Å². The van der Waals surface area contributed by atoms with Gasteiger partial charge in [-0.15, -0.1) is 0 Å². The number of ether oxygens (including phenoxy) is 2. The van der Waals surface area contributed by atoms with Crippen LogP contribution < -0.4 is 20.1 Å². The molecule has 2 aromatic rings. The number of hydrogen-bond acceptors (Lipinski definition) is 4. The SMILES string of the molecule is O=C(Nc1ccc2c(c1)OCCO2)Nc1ccccn1. The Bertz CT molecular complexity index is 616. The highest BCUT2D eigenvalue weighted by Gasteiger charge is 2.12. The van der Waals surface area contributed by atoms with Gasteiger partial charge in [-0.2, -0.15) is 0 Å². The van der Waals surface area contributed by atoms with Gasteiger partial charge in [0.2, 0.25) is 0 Å². The summed E-state index contributed by atoms with van der Waals surface area (Å²) in [6.07, 6.45) is 1.61. The molecule has 2 heterocycles. The summed E-state index contributed by atoms with van der Waals surface area (Å²) in [5.41, 5.74) is 0.627. The van der Waals surface area contributed by atoms with E-state index in [4.69, 9.17) is 9.47 Å². The number of pyridine rings is 1. The zero-order chi connectivity index (χ0) is 13.8. The first-order chi connectivity index (χ1) is 9.81. The topological polar surface area (TPSA) is 72.5 Å². The van der Waals surface area contributed by atoms with Crippen LogP contribution >= 0.6 is 0 Å². The van der Waals surface area contributed by atoms with Crippen LogP contribution in [0.5, 0.6) is 11.5 Å². The third-order valence-corrected chi connectivity index (χ3v) is 2.71. The van der Waals surface area contributed by atoms with Gasteiger partial charge in [0.05, 0.1) is 0 Å². The molecule has 1 aliphatic rings.